The Kier molecular flexibility index (Phi) is 4.92. The Hall–Kier alpha value is -1.60. The van der Waals surface area contributed by atoms with Crippen molar-refractivity contribution in [3.63, 3.8) is 0 Å². The number of thiophene rings is 1. The Morgan fingerprint density at radius 3 is 2.65 bits per heavy atom. The molecule has 0 aliphatic rings. The van der Waals surface area contributed by atoms with Crippen molar-refractivity contribution in [2.24, 2.45) is 0 Å². The van der Waals surface area contributed by atoms with Crippen LogP contribution in [0.15, 0.2) is 10.8 Å². The number of urea groups is 1. The quantitative estimate of drug-likeness (QED) is 0.610. The minimum absolute atomic E-state index is 0.316. The van der Waals surface area contributed by atoms with E-state index in [0.717, 1.165) is 11.1 Å². The van der Waals surface area contributed by atoms with Gasteiger partial charge in [0.2, 0.25) is 0 Å². The first-order chi connectivity index (χ1) is 8.00. The number of aliphatic carboxylic acids is 1. The van der Waals surface area contributed by atoms with Crippen LogP contribution in [0.25, 0.3) is 0 Å². The summed E-state index contributed by atoms with van der Waals surface area (Å²) in [6, 6.07) is -0.504. The number of carboxylic acid groups (broad SMARTS) is 1. The van der Waals surface area contributed by atoms with Crippen LogP contribution in [0.1, 0.15) is 11.1 Å². The molecule has 0 aliphatic heterocycles. The molecule has 4 N–H and O–H groups in total. The number of carbonyl (C=O) groups is 2. The van der Waals surface area contributed by atoms with Gasteiger partial charge in [0, 0.05) is 6.54 Å². The van der Waals surface area contributed by atoms with Crippen molar-refractivity contribution in [2.75, 3.05) is 6.54 Å². The molecule has 1 unspecified atom stereocenters. The summed E-state index contributed by atoms with van der Waals surface area (Å²) in [6.45, 7) is 2.01. The zero-order valence-corrected chi connectivity index (χ0v) is 10.1. The molecule has 1 aromatic rings. The minimum Gasteiger partial charge on any atom is -0.479 e. The normalized spacial score (nSPS) is 11.9. The summed E-state index contributed by atoms with van der Waals surface area (Å²) in [5.74, 6) is -1.36. The van der Waals surface area contributed by atoms with Crippen LogP contribution in [0, 0.1) is 6.92 Å². The van der Waals surface area contributed by atoms with E-state index in [1.165, 1.54) is 0 Å². The number of aryl methyl sites for hydroxylation is 1. The maximum absolute atomic E-state index is 11.3. The van der Waals surface area contributed by atoms with Crippen molar-refractivity contribution in [2.45, 2.75) is 19.6 Å². The average molecular weight is 258 g/mol. The summed E-state index contributed by atoms with van der Waals surface area (Å²) in [5, 5.41) is 26.1. The first-order valence-electron chi connectivity index (χ1n) is 4.95. The lowest BCUT2D eigenvalue weighted by molar-refractivity contribution is -0.146. The van der Waals surface area contributed by atoms with Crippen LogP contribution < -0.4 is 10.6 Å². The molecule has 0 radical (unpaired) electrons. The van der Waals surface area contributed by atoms with Gasteiger partial charge in [-0.25, -0.2) is 9.59 Å². The largest absolute Gasteiger partial charge is 0.479 e. The second-order valence-corrected chi connectivity index (χ2v) is 4.24. The van der Waals surface area contributed by atoms with Gasteiger partial charge in [0.15, 0.2) is 6.10 Å². The Balaban J connectivity index is 2.27. The third-order valence-electron chi connectivity index (χ3n) is 2.14. The number of aliphatic hydroxyl groups excluding tert-OH is 1. The first-order valence-corrected chi connectivity index (χ1v) is 5.89. The zero-order chi connectivity index (χ0) is 12.8. The molecule has 6 nitrogen and oxygen atoms in total. The van der Waals surface area contributed by atoms with Gasteiger partial charge >= 0.3 is 12.0 Å². The molecule has 2 amide bonds. The maximum atomic E-state index is 11.3. The van der Waals surface area contributed by atoms with E-state index in [9.17, 15) is 9.59 Å². The number of carbonyl (C=O) groups excluding carboxylic acids is 1. The lowest BCUT2D eigenvalue weighted by Crippen LogP contribution is -2.41. The molecule has 7 heteroatoms. The highest BCUT2D eigenvalue weighted by atomic mass is 32.1. The van der Waals surface area contributed by atoms with Gasteiger partial charge in [0.1, 0.15) is 0 Å². The van der Waals surface area contributed by atoms with Gasteiger partial charge in [-0.05, 0) is 28.8 Å². The number of nitrogens with one attached hydrogen (secondary N) is 2. The van der Waals surface area contributed by atoms with Crippen LogP contribution in [-0.4, -0.2) is 34.9 Å². The molecule has 17 heavy (non-hydrogen) atoms. The van der Waals surface area contributed by atoms with Crippen LogP contribution in [-0.2, 0) is 11.3 Å². The predicted molar refractivity (Wildman–Crippen MR) is 62.9 cm³/mol. The summed E-state index contributed by atoms with van der Waals surface area (Å²) in [6.07, 6.45) is -1.58. The van der Waals surface area contributed by atoms with Crippen molar-refractivity contribution >= 4 is 23.3 Å². The Morgan fingerprint density at radius 2 is 2.12 bits per heavy atom. The monoisotopic (exact) mass is 258 g/mol. The molecule has 1 heterocycles. The van der Waals surface area contributed by atoms with E-state index in [-0.39, 0.29) is 6.54 Å². The van der Waals surface area contributed by atoms with Crippen LogP contribution in [0.4, 0.5) is 4.79 Å². The predicted octanol–water partition coefficient (Wildman–Crippen LogP) is 0.301. The highest BCUT2D eigenvalue weighted by Gasteiger charge is 2.13. The number of hydrogen-bond donors (Lipinski definition) is 4. The van der Waals surface area contributed by atoms with E-state index in [1.54, 1.807) is 11.3 Å². The van der Waals surface area contributed by atoms with Crippen molar-refractivity contribution in [3.05, 3.63) is 21.9 Å². The smallest absolute Gasteiger partial charge is 0.334 e. The molecule has 0 aromatic carbocycles. The van der Waals surface area contributed by atoms with E-state index >= 15 is 0 Å². The summed E-state index contributed by atoms with van der Waals surface area (Å²) in [4.78, 5) is 21.5. The second-order valence-electron chi connectivity index (χ2n) is 3.50. The van der Waals surface area contributed by atoms with E-state index < -0.39 is 18.1 Å². The van der Waals surface area contributed by atoms with Crippen LogP contribution in [0.5, 0.6) is 0 Å². The summed E-state index contributed by atoms with van der Waals surface area (Å²) >= 11 is 1.55. The molecule has 1 atom stereocenters. The number of rotatable bonds is 5. The van der Waals surface area contributed by atoms with Crippen molar-refractivity contribution in [3.8, 4) is 0 Å². The standard InChI is InChI=1S/C10H14N2O4S/c1-6-4-17-5-7(6)2-11-10(16)12-3-8(13)9(14)15/h4-5,8,13H,2-3H2,1H3,(H,14,15)(H2,11,12,16). The topological polar surface area (TPSA) is 98.7 Å². The molecule has 1 rings (SSSR count). The molecule has 1 aromatic heterocycles. The molecule has 0 saturated carbocycles. The van der Waals surface area contributed by atoms with E-state index in [4.69, 9.17) is 10.2 Å². The first kappa shape index (κ1) is 13.5. The summed E-state index contributed by atoms with van der Waals surface area (Å²) in [5.41, 5.74) is 2.12. The van der Waals surface area contributed by atoms with E-state index in [2.05, 4.69) is 10.6 Å². The molecule has 0 fully saturated rings. The van der Waals surface area contributed by atoms with Gasteiger partial charge in [-0.2, -0.15) is 11.3 Å². The third-order valence-corrected chi connectivity index (χ3v) is 3.05. The maximum Gasteiger partial charge on any atom is 0.334 e. The highest BCUT2D eigenvalue weighted by molar-refractivity contribution is 7.08. The van der Waals surface area contributed by atoms with Gasteiger partial charge in [0.25, 0.3) is 0 Å². The van der Waals surface area contributed by atoms with Crippen LogP contribution in [0.3, 0.4) is 0 Å². The van der Waals surface area contributed by atoms with Crippen LogP contribution in [0.2, 0.25) is 0 Å². The lowest BCUT2D eigenvalue weighted by atomic mass is 10.2. The SMILES string of the molecule is Cc1cscc1CNC(=O)NCC(O)C(=O)O. The fourth-order valence-corrected chi connectivity index (χ4v) is 1.94. The lowest BCUT2D eigenvalue weighted by Gasteiger charge is -2.09. The highest BCUT2D eigenvalue weighted by Crippen LogP contribution is 2.12. The van der Waals surface area contributed by atoms with Crippen LogP contribution >= 0.6 is 11.3 Å². The third kappa shape index (κ3) is 4.41. The van der Waals surface area contributed by atoms with Crippen molar-refractivity contribution in [1.29, 1.82) is 0 Å². The number of aliphatic hydroxyl groups is 1. The van der Waals surface area contributed by atoms with Crippen molar-refractivity contribution < 1.29 is 19.8 Å². The Labute approximate surface area is 102 Å². The Morgan fingerprint density at radius 1 is 1.41 bits per heavy atom. The summed E-state index contributed by atoms with van der Waals surface area (Å²) < 4.78 is 0. The molecule has 0 aliphatic carbocycles. The molecular formula is C10H14N2O4S. The molecule has 0 spiro atoms. The number of amides is 2. The minimum atomic E-state index is -1.58. The van der Waals surface area contributed by atoms with E-state index in [0.29, 0.717) is 6.54 Å². The Bertz CT molecular complexity index is 405. The number of carboxylic acids is 1. The van der Waals surface area contributed by atoms with Gasteiger partial charge in [0.05, 0.1) is 6.54 Å². The van der Waals surface area contributed by atoms with Gasteiger partial charge < -0.3 is 20.8 Å². The fourth-order valence-electron chi connectivity index (χ4n) is 1.08. The van der Waals surface area contributed by atoms with Crippen molar-refractivity contribution in [1.82, 2.24) is 10.6 Å². The van der Waals surface area contributed by atoms with Gasteiger partial charge in [-0.3, -0.25) is 0 Å². The zero-order valence-electron chi connectivity index (χ0n) is 9.27. The number of hydrogen-bond acceptors (Lipinski definition) is 4. The molecule has 94 valence electrons. The van der Waals surface area contributed by atoms with Gasteiger partial charge in [-0.15, -0.1) is 0 Å². The fraction of sp³-hybridized carbons (Fsp3) is 0.400. The molecular weight excluding hydrogens is 244 g/mol. The summed E-state index contributed by atoms with van der Waals surface area (Å²) in [7, 11) is 0. The second kappa shape index (κ2) is 6.21. The average Bonchev–Trinajstić information content (AvgIpc) is 2.68. The molecule has 0 saturated heterocycles. The van der Waals surface area contributed by atoms with E-state index in [1.807, 2.05) is 17.7 Å². The molecule has 0 bridgehead atoms. The van der Waals surface area contributed by atoms with Gasteiger partial charge in [-0.1, -0.05) is 0 Å².